The molecule has 0 radical (unpaired) electrons. The summed E-state index contributed by atoms with van der Waals surface area (Å²) in [5.74, 6) is 0.750. The number of morpholine rings is 1. The molecule has 1 aliphatic rings. The summed E-state index contributed by atoms with van der Waals surface area (Å²) in [6, 6.07) is 3.27. The maximum absolute atomic E-state index is 12.4. The zero-order valence-corrected chi connectivity index (χ0v) is 12.3. The lowest BCUT2D eigenvalue weighted by Crippen LogP contribution is -2.41. The lowest BCUT2D eigenvalue weighted by molar-refractivity contribution is -0.367. The summed E-state index contributed by atoms with van der Waals surface area (Å²) in [4.78, 5) is 4.99. The van der Waals surface area contributed by atoms with Gasteiger partial charge in [0.2, 0.25) is 10.0 Å². The molecule has 2 rings (SSSR count). The predicted octanol–water partition coefficient (Wildman–Crippen LogP) is -1.05. The van der Waals surface area contributed by atoms with Gasteiger partial charge < -0.3 is 9.84 Å². The number of aromatic nitrogens is 1. The molecule has 0 spiro atoms. The molecule has 112 valence electrons. The maximum atomic E-state index is 12.4. The van der Waals surface area contributed by atoms with Crippen LogP contribution in [0.25, 0.3) is 0 Å². The second-order valence-corrected chi connectivity index (χ2v) is 6.51. The van der Waals surface area contributed by atoms with Crippen molar-refractivity contribution in [2.45, 2.75) is 4.90 Å². The van der Waals surface area contributed by atoms with E-state index in [9.17, 15) is 8.42 Å². The molecule has 7 nitrogen and oxygen atoms in total. The number of aliphatic hydroxyl groups is 1. The molecule has 2 heterocycles. The number of aromatic amines is 1. The summed E-state index contributed by atoms with van der Waals surface area (Å²) in [5, 5.41) is 8.88. The van der Waals surface area contributed by atoms with Gasteiger partial charge in [-0.05, 0) is 6.07 Å². The third kappa shape index (κ3) is 3.26. The van der Waals surface area contributed by atoms with Crippen LogP contribution >= 0.6 is 0 Å². The van der Waals surface area contributed by atoms with E-state index in [1.807, 2.05) is 11.9 Å². The van der Waals surface area contributed by atoms with Crippen molar-refractivity contribution in [3.8, 4) is 0 Å². The van der Waals surface area contributed by atoms with Crippen molar-refractivity contribution in [3.05, 3.63) is 18.3 Å². The smallest absolute Gasteiger partial charge is 0.274 e. The molecular weight excluding hydrogens is 282 g/mol. The summed E-state index contributed by atoms with van der Waals surface area (Å²) in [6.07, 6.45) is 1.48. The number of sulfonamides is 1. The molecule has 0 aliphatic carbocycles. The number of aliphatic hydroxyl groups excluding tert-OH is 1. The first-order valence-corrected chi connectivity index (χ1v) is 7.91. The zero-order valence-electron chi connectivity index (χ0n) is 11.4. The van der Waals surface area contributed by atoms with Gasteiger partial charge in [0.05, 0.1) is 26.9 Å². The van der Waals surface area contributed by atoms with Crippen molar-refractivity contribution in [1.82, 2.24) is 4.31 Å². The van der Waals surface area contributed by atoms with E-state index in [2.05, 4.69) is 4.98 Å². The van der Waals surface area contributed by atoms with Crippen molar-refractivity contribution in [3.63, 3.8) is 0 Å². The number of rotatable bonds is 5. The fourth-order valence-corrected chi connectivity index (χ4v) is 3.38. The average Bonchev–Trinajstić information content (AvgIpc) is 2.48. The summed E-state index contributed by atoms with van der Waals surface area (Å²) >= 11 is 0. The molecule has 0 bridgehead atoms. The minimum Gasteiger partial charge on any atom is -0.392 e. The molecule has 1 aliphatic heterocycles. The quantitative estimate of drug-likeness (QED) is 0.750. The van der Waals surface area contributed by atoms with E-state index in [1.165, 1.54) is 10.5 Å². The Labute approximate surface area is 118 Å². The van der Waals surface area contributed by atoms with Crippen LogP contribution in [0.2, 0.25) is 0 Å². The minimum atomic E-state index is -3.46. The lowest BCUT2D eigenvalue weighted by Gasteiger charge is -2.25. The van der Waals surface area contributed by atoms with E-state index >= 15 is 0 Å². The summed E-state index contributed by atoms with van der Waals surface area (Å²) < 4.78 is 31.4. The molecule has 0 atom stereocenters. The number of hydrogen-bond donors (Lipinski definition) is 1. The third-order valence-electron chi connectivity index (χ3n) is 3.22. The van der Waals surface area contributed by atoms with Gasteiger partial charge >= 0.3 is 0 Å². The average molecular weight is 302 g/mol. The van der Waals surface area contributed by atoms with Crippen molar-refractivity contribution < 1.29 is 23.2 Å². The monoisotopic (exact) mass is 302 g/mol. The van der Waals surface area contributed by atoms with Crippen molar-refractivity contribution in [2.75, 3.05) is 51.4 Å². The Hall–Kier alpha value is -1.22. The second kappa shape index (κ2) is 6.49. The molecule has 1 fully saturated rings. The SMILES string of the molecule is CN(CCO)c1ccc(S(=O)(=O)N2CCOCC2)c[nH+]1. The van der Waals surface area contributed by atoms with Crippen molar-refractivity contribution in [1.29, 1.82) is 0 Å². The van der Waals surface area contributed by atoms with Gasteiger partial charge in [0.25, 0.3) is 5.82 Å². The van der Waals surface area contributed by atoms with E-state index in [0.717, 1.165) is 5.82 Å². The number of ether oxygens (including phenoxy) is 1. The maximum Gasteiger partial charge on any atom is 0.274 e. The van der Waals surface area contributed by atoms with Crippen molar-refractivity contribution in [2.24, 2.45) is 0 Å². The number of anilines is 1. The van der Waals surface area contributed by atoms with Crippen LogP contribution in [0.5, 0.6) is 0 Å². The van der Waals surface area contributed by atoms with E-state index in [0.29, 0.717) is 32.8 Å². The number of hydrogen-bond acceptors (Lipinski definition) is 5. The van der Waals surface area contributed by atoms with E-state index in [4.69, 9.17) is 9.84 Å². The Morgan fingerprint density at radius 1 is 1.40 bits per heavy atom. The zero-order chi connectivity index (χ0) is 14.6. The van der Waals surface area contributed by atoms with Crippen LogP contribution < -0.4 is 9.88 Å². The standard InChI is InChI=1S/C12H19N3O4S/c1-14(4-7-16)12-3-2-11(10-13-12)20(17,18)15-5-8-19-9-6-15/h2-3,10,16H,4-9H2,1H3/p+1. The first-order chi connectivity index (χ1) is 9.55. The van der Waals surface area contributed by atoms with Gasteiger partial charge in [-0.1, -0.05) is 0 Å². The Bertz CT molecular complexity index is 526. The number of H-pyrrole nitrogens is 1. The van der Waals surface area contributed by atoms with Crippen LogP contribution in [0, 0.1) is 0 Å². The van der Waals surface area contributed by atoms with Gasteiger partial charge in [0.1, 0.15) is 17.6 Å². The Balaban J connectivity index is 2.16. The Morgan fingerprint density at radius 2 is 2.10 bits per heavy atom. The van der Waals surface area contributed by atoms with Crippen LogP contribution in [0.4, 0.5) is 5.82 Å². The van der Waals surface area contributed by atoms with Crippen LogP contribution in [0.1, 0.15) is 0 Å². The highest BCUT2D eigenvalue weighted by Gasteiger charge is 2.27. The van der Waals surface area contributed by atoms with Gasteiger partial charge in [0, 0.05) is 19.2 Å². The number of nitrogens with zero attached hydrogens (tertiary/aromatic N) is 2. The fourth-order valence-electron chi connectivity index (χ4n) is 2.01. The topological polar surface area (TPSA) is 84.2 Å². The highest BCUT2D eigenvalue weighted by Crippen LogP contribution is 2.16. The highest BCUT2D eigenvalue weighted by atomic mass is 32.2. The van der Waals surface area contributed by atoms with Crippen LogP contribution in [-0.4, -0.2) is 64.3 Å². The van der Waals surface area contributed by atoms with Crippen LogP contribution in [0.3, 0.4) is 0 Å². The normalized spacial score (nSPS) is 17.1. The minimum absolute atomic E-state index is 0.0398. The first kappa shape index (κ1) is 15.2. The van der Waals surface area contributed by atoms with Gasteiger partial charge in [-0.25, -0.2) is 13.4 Å². The molecule has 2 N–H and O–H groups in total. The van der Waals surface area contributed by atoms with E-state index in [-0.39, 0.29) is 11.5 Å². The molecule has 20 heavy (non-hydrogen) atoms. The summed E-state index contributed by atoms with van der Waals surface area (Å²) in [7, 11) is -1.64. The molecule has 0 saturated carbocycles. The van der Waals surface area contributed by atoms with Gasteiger partial charge in [-0.2, -0.15) is 4.31 Å². The van der Waals surface area contributed by atoms with Crippen molar-refractivity contribution >= 4 is 15.8 Å². The Kier molecular flexibility index (Phi) is 4.92. The molecular formula is C12H20N3O4S+. The first-order valence-electron chi connectivity index (χ1n) is 6.47. The molecule has 0 amide bonds. The van der Waals surface area contributed by atoms with Crippen LogP contribution in [0.15, 0.2) is 23.2 Å². The molecule has 0 unspecified atom stereocenters. The second-order valence-electron chi connectivity index (χ2n) is 4.57. The van der Waals surface area contributed by atoms with E-state index < -0.39 is 10.0 Å². The molecule has 1 aromatic rings. The largest absolute Gasteiger partial charge is 0.392 e. The number of likely N-dealkylation sites (N-methyl/N-ethyl adjacent to an activating group) is 1. The molecule has 8 heteroatoms. The van der Waals surface area contributed by atoms with Gasteiger partial charge in [-0.15, -0.1) is 0 Å². The molecule has 0 aromatic carbocycles. The van der Waals surface area contributed by atoms with E-state index in [1.54, 1.807) is 12.1 Å². The van der Waals surface area contributed by atoms with Gasteiger partial charge in [0.15, 0.2) is 0 Å². The Morgan fingerprint density at radius 3 is 2.65 bits per heavy atom. The summed E-state index contributed by atoms with van der Waals surface area (Å²) in [6.45, 7) is 2.15. The lowest BCUT2D eigenvalue weighted by atomic mass is 10.4. The number of pyridine rings is 1. The van der Waals surface area contributed by atoms with Gasteiger partial charge in [-0.3, -0.25) is 4.90 Å². The summed E-state index contributed by atoms with van der Waals surface area (Å²) in [5.41, 5.74) is 0. The third-order valence-corrected chi connectivity index (χ3v) is 5.12. The number of nitrogens with one attached hydrogen (secondary N) is 1. The predicted molar refractivity (Wildman–Crippen MR) is 72.9 cm³/mol. The molecule has 1 saturated heterocycles. The van der Waals surface area contributed by atoms with Crippen LogP contribution in [-0.2, 0) is 14.8 Å². The highest BCUT2D eigenvalue weighted by molar-refractivity contribution is 7.89. The fraction of sp³-hybridized carbons (Fsp3) is 0.583. The molecule has 1 aromatic heterocycles.